The minimum absolute atomic E-state index is 0.0552. The van der Waals surface area contributed by atoms with Crippen molar-refractivity contribution in [2.24, 2.45) is 0 Å². The minimum Gasteiger partial charge on any atom is -0.383 e. The van der Waals surface area contributed by atoms with Gasteiger partial charge in [-0.2, -0.15) is 0 Å². The molecule has 1 aliphatic heterocycles. The molecule has 1 saturated heterocycles. The molecule has 1 atom stereocenters. The Bertz CT molecular complexity index is 835. The molecule has 0 saturated carbocycles. The molecule has 0 radical (unpaired) electrons. The van der Waals surface area contributed by atoms with E-state index in [1.807, 2.05) is 23.1 Å². The number of anilines is 1. The van der Waals surface area contributed by atoms with Crippen LogP contribution in [0, 0.1) is 5.82 Å². The SMILES string of the molecule is COCCN(C[C@H]1CN(C(=S)Nc2ccc(F)cc2)CCO1)C(=O)c1ccccc1. The van der Waals surface area contributed by atoms with Crippen molar-refractivity contribution in [2.75, 3.05) is 51.8 Å². The van der Waals surface area contributed by atoms with Crippen LogP contribution >= 0.6 is 12.2 Å². The molecule has 0 unspecified atom stereocenters. The van der Waals surface area contributed by atoms with Crippen LogP contribution in [0.3, 0.4) is 0 Å². The monoisotopic (exact) mass is 431 g/mol. The fourth-order valence-electron chi connectivity index (χ4n) is 3.24. The van der Waals surface area contributed by atoms with Gasteiger partial charge in [-0.3, -0.25) is 4.79 Å². The molecular weight excluding hydrogens is 405 g/mol. The number of thiocarbonyl (C=S) groups is 1. The van der Waals surface area contributed by atoms with Crippen LogP contribution in [-0.4, -0.2) is 73.4 Å². The number of carbonyl (C=O) groups is 1. The van der Waals surface area contributed by atoms with Crippen molar-refractivity contribution in [3.05, 3.63) is 66.0 Å². The van der Waals surface area contributed by atoms with Crippen molar-refractivity contribution in [2.45, 2.75) is 6.10 Å². The molecule has 2 aromatic carbocycles. The summed E-state index contributed by atoms with van der Waals surface area (Å²) in [5, 5.41) is 3.68. The second kappa shape index (κ2) is 11.0. The third-order valence-electron chi connectivity index (χ3n) is 4.82. The maximum absolute atomic E-state index is 13.1. The van der Waals surface area contributed by atoms with E-state index in [0.29, 0.717) is 50.1 Å². The van der Waals surface area contributed by atoms with Crippen LogP contribution in [-0.2, 0) is 9.47 Å². The number of halogens is 1. The number of hydrogen-bond acceptors (Lipinski definition) is 4. The Labute approximate surface area is 181 Å². The summed E-state index contributed by atoms with van der Waals surface area (Å²) in [6, 6.07) is 15.2. The van der Waals surface area contributed by atoms with Crippen LogP contribution in [0.1, 0.15) is 10.4 Å². The molecule has 0 spiro atoms. The fourth-order valence-corrected chi connectivity index (χ4v) is 3.52. The Balaban J connectivity index is 1.61. The third kappa shape index (κ3) is 6.22. The highest BCUT2D eigenvalue weighted by Gasteiger charge is 2.26. The number of amides is 1. The average molecular weight is 432 g/mol. The minimum atomic E-state index is -0.294. The molecule has 0 bridgehead atoms. The molecular formula is C22H26FN3O3S. The Kier molecular flexibility index (Phi) is 8.12. The van der Waals surface area contributed by atoms with Crippen LogP contribution in [0.15, 0.2) is 54.6 Å². The molecule has 30 heavy (non-hydrogen) atoms. The van der Waals surface area contributed by atoms with E-state index < -0.39 is 0 Å². The zero-order valence-electron chi connectivity index (χ0n) is 16.9. The van der Waals surface area contributed by atoms with E-state index in [1.54, 1.807) is 36.3 Å². The number of rotatable bonds is 7. The van der Waals surface area contributed by atoms with E-state index >= 15 is 0 Å². The number of nitrogens with one attached hydrogen (secondary N) is 1. The van der Waals surface area contributed by atoms with E-state index in [-0.39, 0.29) is 17.8 Å². The van der Waals surface area contributed by atoms with Crippen molar-refractivity contribution in [1.29, 1.82) is 0 Å². The van der Waals surface area contributed by atoms with Crippen molar-refractivity contribution in [3.8, 4) is 0 Å². The number of nitrogens with zero attached hydrogens (tertiary/aromatic N) is 2. The first-order valence-corrected chi connectivity index (χ1v) is 10.2. The Hall–Kier alpha value is -2.55. The second-order valence-electron chi connectivity index (χ2n) is 6.99. The molecule has 6 nitrogen and oxygen atoms in total. The molecule has 1 N–H and O–H groups in total. The highest BCUT2D eigenvalue weighted by Crippen LogP contribution is 2.14. The van der Waals surface area contributed by atoms with Gasteiger partial charge in [-0.1, -0.05) is 18.2 Å². The van der Waals surface area contributed by atoms with Gasteiger partial charge >= 0.3 is 0 Å². The normalized spacial score (nSPS) is 16.2. The van der Waals surface area contributed by atoms with Gasteiger partial charge in [-0.15, -0.1) is 0 Å². The molecule has 1 amide bonds. The van der Waals surface area contributed by atoms with Gasteiger partial charge < -0.3 is 24.6 Å². The van der Waals surface area contributed by atoms with Gasteiger partial charge in [0.25, 0.3) is 5.91 Å². The van der Waals surface area contributed by atoms with E-state index in [2.05, 4.69) is 5.32 Å². The predicted molar refractivity (Wildman–Crippen MR) is 118 cm³/mol. The van der Waals surface area contributed by atoms with Crippen molar-refractivity contribution >= 4 is 28.9 Å². The second-order valence-corrected chi connectivity index (χ2v) is 7.37. The lowest BCUT2D eigenvalue weighted by molar-refractivity contribution is -0.0225. The summed E-state index contributed by atoms with van der Waals surface area (Å²) in [6.07, 6.45) is -0.184. The van der Waals surface area contributed by atoms with Crippen LogP contribution in [0.5, 0.6) is 0 Å². The Morgan fingerprint density at radius 1 is 1.27 bits per heavy atom. The largest absolute Gasteiger partial charge is 0.383 e. The van der Waals surface area contributed by atoms with Crippen molar-refractivity contribution in [1.82, 2.24) is 9.80 Å². The summed E-state index contributed by atoms with van der Waals surface area (Å²) in [5.41, 5.74) is 1.36. The summed E-state index contributed by atoms with van der Waals surface area (Å²) in [5.74, 6) is -0.350. The first kappa shape index (κ1) is 22.1. The van der Waals surface area contributed by atoms with Gasteiger partial charge in [-0.05, 0) is 48.6 Å². The number of benzene rings is 2. The number of methoxy groups -OCH3 is 1. The lowest BCUT2D eigenvalue weighted by atomic mass is 10.1. The van der Waals surface area contributed by atoms with Crippen LogP contribution in [0.2, 0.25) is 0 Å². The van der Waals surface area contributed by atoms with E-state index in [0.717, 1.165) is 5.69 Å². The standard InChI is InChI=1S/C22H26FN3O3S/c1-28-13-11-25(21(27)17-5-3-2-4-6-17)15-20-16-26(12-14-29-20)22(30)24-19-9-7-18(23)8-10-19/h2-10,20H,11-16H2,1H3,(H,24,30)/t20-/m0/s1. The van der Waals surface area contributed by atoms with Gasteiger partial charge in [0.15, 0.2) is 5.11 Å². The molecule has 1 fully saturated rings. The quantitative estimate of drug-likeness (QED) is 0.681. The maximum atomic E-state index is 13.1. The molecule has 160 valence electrons. The molecule has 8 heteroatoms. The van der Waals surface area contributed by atoms with E-state index in [9.17, 15) is 9.18 Å². The fraction of sp³-hybridized carbons (Fsp3) is 0.364. The van der Waals surface area contributed by atoms with Gasteiger partial charge in [0, 0.05) is 44.5 Å². The lowest BCUT2D eigenvalue weighted by Crippen LogP contribution is -2.52. The zero-order chi connectivity index (χ0) is 21.3. The van der Waals surface area contributed by atoms with Gasteiger partial charge in [0.1, 0.15) is 5.82 Å². The van der Waals surface area contributed by atoms with Crippen molar-refractivity contribution in [3.63, 3.8) is 0 Å². The summed E-state index contributed by atoms with van der Waals surface area (Å²) >= 11 is 5.52. The van der Waals surface area contributed by atoms with Crippen molar-refractivity contribution < 1.29 is 18.7 Å². The number of hydrogen-bond donors (Lipinski definition) is 1. The first-order chi connectivity index (χ1) is 14.6. The topological polar surface area (TPSA) is 54.0 Å². The molecule has 1 heterocycles. The lowest BCUT2D eigenvalue weighted by Gasteiger charge is -2.37. The van der Waals surface area contributed by atoms with Crippen LogP contribution in [0.4, 0.5) is 10.1 Å². The molecule has 3 rings (SSSR count). The van der Waals surface area contributed by atoms with E-state index in [1.165, 1.54) is 12.1 Å². The first-order valence-electron chi connectivity index (χ1n) is 9.83. The van der Waals surface area contributed by atoms with E-state index in [4.69, 9.17) is 21.7 Å². The highest BCUT2D eigenvalue weighted by atomic mass is 32.1. The molecule has 0 aliphatic carbocycles. The number of carbonyl (C=O) groups excluding carboxylic acids is 1. The van der Waals surface area contributed by atoms with Crippen LogP contribution < -0.4 is 5.32 Å². The Morgan fingerprint density at radius 3 is 2.70 bits per heavy atom. The van der Waals surface area contributed by atoms with Crippen LogP contribution in [0.25, 0.3) is 0 Å². The Morgan fingerprint density at radius 2 is 2.00 bits per heavy atom. The summed E-state index contributed by atoms with van der Waals surface area (Å²) in [6.45, 7) is 3.06. The smallest absolute Gasteiger partial charge is 0.254 e. The summed E-state index contributed by atoms with van der Waals surface area (Å²) in [4.78, 5) is 16.7. The third-order valence-corrected chi connectivity index (χ3v) is 5.18. The van der Waals surface area contributed by atoms with Gasteiger partial charge in [0.05, 0.1) is 19.3 Å². The molecule has 0 aromatic heterocycles. The highest BCUT2D eigenvalue weighted by molar-refractivity contribution is 7.80. The van der Waals surface area contributed by atoms with Gasteiger partial charge in [-0.25, -0.2) is 4.39 Å². The number of ether oxygens (including phenoxy) is 2. The predicted octanol–water partition coefficient (Wildman–Crippen LogP) is 3.01. The van der Waals surface area contributed by atoms with Gasteiger partial charge in [0.2, 0.25) is 0 Å². The maximum Gasteiger partial charge on any atom is 0.254 e. The molecule has 1 aliphatic rings. The average Bonchev–Trinajstić information content (AvgIpc) is 2.78. The zero-order valence-corrected chi connectivity index (χ0v) is 17.7. The number of morpholine rings is 1. The summed E-state index contributed by atoms with van der Waals surface area (Å²) < 4.78 is 24.2. The summed E-state index contributed by atoms with van der Waals surface area (Å²) in [7, 11) is 1.61. The molecule has 2 aromatic rings.